The minimum Gasteiger partial charge on any atom is -0.415 e. The van der Waals surface area contributed by atoms with Crippen molar-refractivity contribution in [2.45, 2.75) is 97.0 Å². The van der Waals surface area contributed by atoms with E-state index < -0.39 is 14.2 Å². The fourth-order valence-electron chi connectivity index (χ4n) is 4.17. The van der Waals surface area contributed by atoms with Crippen LogP contribution < -0.4 is 5.73 Å². The molecular formula is C29H46N4O3Si. The molecule has 2 aromatic heterocycles. The molecule has 0 radical (unpaired) electrons. The quantitative estimate of drug-likeness (QED) is 0.169. The summed E-state index contributed by atoms with van der Waals surface area (Å²) in [7, 11) is -1.93. The number of carbonyl (C=O) groups is 1. The second-order valence-corrected chi connectivity index (χ2v) is 16.5. The number of H-pyrrole nitrogens is 1. The molecule has 1 atom stereocenters. The van der Waals surface area contributed by atoms with Crippen molar-refractivity contribution in [1.82, 2.24) is 14.5 Å². The normalized spacial score (nSPS) is 13.4. The van der Waals surface area contributed by atoms with Gasteiger partial charge in [-0.1, -0.05) is 53.0 Å². The van der Waals surface area contributed by atoms with Crippen molar-refractivity contribution < 1.29 is 14.0 Å². The number of aryl methyl sites for hydroxylation is 1. The third-order valence-corrected chi connectivity index (χ3v) is 12.2. The fourth-order valence-corrected chi connectivity index (χ4v) is 5.21. The zero-order valence-electron chi connectivity index (χ0n) is 23.6. The maximum absolute atomic E-state index is 11.7. The zero-order valence-corrected chi connectivity index (χ0v) is 24.6. The molecule has 0 fully saturated rings. The lowest BCUT2D eigenvalue weighted by atomic mass is 10.0. The van der Waals surface area contributed by atoms with E-state index in [0.29, 0.717) is 13.2 Å². The maximum Gasteiger partial charge on any atom is 0.268 e. The van der Waals surface area contributed by atoms with E-state index in [1.807, 2.05) is 4.57 Å². The van der Waals surface area contributed by atoms with Gasteiger partial charge in [0, 0.05) is 29.9 Å². The van der Waals surface area contributed by atoms with Crippen LogP contribution in [0.3, 0.4) is 0 Å². The van der Waals surface area contributed by atoms with Crippen molar-refractivity contribution in [3.8, 4) is 0 Å². The Kier molecular flexibility index (Phi) is 10.2. The van der Waals surface area contributed by atoms with Crippen LogP contribution in [0.4, 0.5) is 0 Å². The molecule has 204 valence electrons. The number of ether oxygens (including phenoxy) is 1. The predicted octanol–water partition coefficient (Wildman–Crippen LogP) is 6.76. The largest absolute Gasteiger partial charge is 0.415 e. The lowest BCUT2D eigenvalue weighted by Crippen LogP contribution is -2.42. The van der Waals surface area contributed by atoms with E-state index in [1.165, 1.54) is 35.8 Å². The Labute approximate surface area is 223 Å². The van der Waals surface area contributed by atoms with Gasteiger partial charge in [0.2, 0.25) is 0 Å². The van der Waals surface area contributed by atoms with Gasteiger partial charge >= 0.3 is 0 Å². The number of aromatic amines is 1. The summed E-state index contributed by atoms with van der Waals surface area (Å²) in [5.74, 6) is -0.514. The van der Waals surface area contributed by atoms with Gasteiger partial charge in [-0.2, -0.15) is 0 Å². The zero-order chi connectivity index (χ0) is 27.1. The summed E-state index contributed by atoms with van der Waals surface area (Å²) in [6.07, 6.45) is 12.1. The number of imidazole rings is 1. The first-order chi connectivity index (χ1) is 17.5. The second kappa shape index (κ2) is 12.9. The number of rotatable bonds is 15. The summed E-state index contributed by atoms with van der Waals surface area (Å²) in [4.78, 5) is 19.3. The summed E-state index contributed by atoms with van der Waals surface area (Å²) >= 11 is 0. The van der Waals surface area contributed by atoms with E-state index in [4.69, 9.17) is 14.9 Å². The molecule has 7 nitrogen and oxygen atoms in total. The Morgan fingerprint density at radius 3 is 2.68 bits per heavy atom. The highest BCUT2D eigenvalue weighted by Gasteiger charge is 2.37. The Balaban J connectivity index is 1.70. The Hall–Kier alpha value is -2.42. The Morgan fingerprint density at radius 1 is 1.22 bits per heavy atom. The molecule has 3 aromatic rings. The van der Waals surface area contributed by atoms with Gasteiger partial charge in [0.05, 0.1) is 25.6 Å². The van der Waals surface area contributed by atoms with E-state index in [1.54, 1.807) is 12.5 Å². The number of fused-ring (bicyclic) bond motifs is 1. The molecule has 2 heterocycles. The van der Waals surface area contributed by atoms with Crippen LogP contribution in [0.1, 0.15) is 87.5 Å². The third-order valence-electron chi connectivity index (χ3n) is 7.71. The number of carbonyl (C=O) groups excluding carboxylic acids is 1. The highest BCUT2D eigenvalue weighted by atomic mass is 28.4. The van der Waals surface area contributed by atoms with Crippen LogP contribution in [0.15, 0.2) is 36.9 Å². The number of nitrogens with two attached hydrogens (primary N) is 1. The molecule has 3 rings (SSSR count). The molecule has 37 heavy (non-hydrogen) atoms. The molecule has 0 saturated carbocycles. The minimum atomic E-state index is -1.93. The number of benzene rings is 1. The lowest BCUT2D eigenvalue weighted by molar-refractivity contribution is 0.0995. The highest BCUT2D eigenvalue weighted by molar-refractivity contribution is 6.74. The number of hydrogen-bond acceptors (Lipinski definition) is 4. The first kappa shape index (κ1) is 29.1. The molecule has 0 aliphatic rings. The van der Waals surface area contributed by atoms with Crippen LogP contribution in [0.2, 0.25) is 18.1 Å². The number of nitrogens with zero attached hydrogens (tertiary/aromatic N) is 2. The standard InChI is InChI=1S/C29H46N4O3Si/c1-7-8-9-10-15-35-19-22-11-14-26-25(16-22)23(17-31-26)12-13-24(20-36-37(5,6)29(2,3)4)33-18-27(28(30)34)32-21-33/h11,14,16-18,21,24,31H,7-10,12-13,15,19-20H2,1-6H3,(H2,30,34)/t24-/m1/s1. The van der Waals surface area contributed by atoms with Gasteiger partial charge in [-0.3, -0.25) is 4.79 Å². The first-order valence-electron chi connectivity index (χ1n) is 13.7. The molecule has 1 amide bonds. The number of unbranched alkanes of at least 4 members (excludes halogenated alkanes) is 3. The van der Waals surface area contributed by atoms with Crippen LogP contribution in [-0.4, -0.2) is 42.0 Å². The van der Waals surface area contributed by atoms with E-state index in [2.05, 4.69) is 75.2 Å². The van der Waals surface area contributed by atoms with Crippen molar-refractivity contribution in [2.24, 2.45) is 5.73 Å². The number of aromatic nitrogens is 3. The Bertz CT molecular complexity index is 1150. The molecule has 0 aliphatic heterocycles. The van der Waals surface area contributed by atoms with Gasteiger partial charge in [-0.05, 0) is 60.7 Å². The van der Waals surface area contributed by atoms with Crippen molar-refractivity contribution in [3.05, 3.63) is 53.7 Å². The molecular weight excluding hydrogens is 480 g/mol. The maximum atomic E-state index is 11.7. The summed E-state index contributed by atoms with van der Waals surface area (Å²) in [5.41, 5.74) is 9.35. The molecule has 3 N–H and O–H groups in total. The van der Waals surface area contributed by atoms with Crippen molar-refractivity contribution in [2.75, 3.05) is 13.2 Å². The average Bonchev–Trinajstić information content (AvgIpc) is 3.48. The molecule has 0 aliphatic carbocycles. The van der Waals surface area contributed by atoms with E-state index in [9.17, 15) is 4.79 Å². The van der Waals surface area contributed by atoms with Crippen LogP contribution in [-0.2, 0) is 22.2 Å². The van der Waals surface area contributed by atoms with Crippen molar-refractivity contribution in [3.63, 3.8) is 0 Å². The molecule has 0 bridgehead atoms. The smallest absolute Gasteiger partial charge is 0.268 e. The summed E-state index contributed by atoms with van der Waals surface area (Å²) in [5, 5.41) is 1.36. The SMILES string of the molecule is CCCCCCOCc1ccc2[nH]cc(CC[C@H](CO[Si](C)(C)C(C)(C)C)n3cnc(C(N)=O)c3)c2c1. The second-order valence-electron chi connectivity index (χ2n) is 11.6. The van der Waals surface area contributed by atoms with E-state index >= 15 is 0 Å². The number of hydrogen-bond donors (Lipinski definition) is 2. The van der Waals surface area contributed by atoms with Gasteiger partial charge in [-0.25, -0.2) is 4.98 Å². The molecule has 0 spiro atoms. The van der Waals surface area contributed by atoms with Crippen LogP contribution >= 0.6 is 0 Å². The molecule has 0 saturated heterocycles. The van der Waals surface area contributed by atoms with Crippen molar-refractivity contribution in [1.29, 1.82) is 0 Å². The van der Waals surface area contributed by atoms with E-state index in [-0.39, 0.29) is 16.8 Å². The summed E-state index contributed by atoms with van der Waals surface area (Å²) in [6, 6.07) is 6.58. The third kappa shape index (κ3) is 8.03. The first-order valence-corrected chi connectivity index (χ1v) is 16.6. The topological polar surface area (TPSA) is 95.2 Å². The van der Waals surface area contributed by atoms with Crippen molar-refractivity contribution >= 4 is 25.1 Å². The van der Waals surface area contributed by atoms with Gasteiger partial charge in [0.15, 0.2) is 8.32 Å². The molecule has 1 aromatic carbocycles. The monoisotopic (exact) mass is 526 g/mol. The Morgan fingerprint density at radius 2 is 2.00 bits per heavy atom. The van der Waals surface area contributed by atoms with Gasteiger partial charge in [-0.15, -0.1) is 0 Å². The predicted molar refractivity (Wildman–Crippen MR) is 153 cm³/mol. The van der Waals surface area contributed by atoms with Gasteiger partial charge in [0.25, 0.3) is 5.91 Å². The number of amides is 1. The number of primary amides is 1. The highest BCUT2D eigenvalue weighted by Crippen LogP contribution is 2.37. The average molecular weight is 527 g/mol. The minimum absolute atomic E-state index is 0.0503. The lowest BCUT2D eigenvalue weighted by Gasteiger charge is -2.37. The molecule has 0 unspecified atom stereocenters. The van der Waals surface area contributed by atoms with Crippen LogP contribution in [0.25, 0.3) is 10.9 Å². The summed E-state index contributed by atoms with van der Waals surface area (Å²) < 4.78 is 14.5. The van der Waals surface area contributed by atoms with Gasteiger partial charge in [0.1, 0.15) is 5.69 Å². The van der Waals surface area contributed by atoms with Crippen LogP contribution in [0, 0.1) is 0 Å². The fraction of sp³-hybridized carbons (Fsp3) is 0.586. The van der Waals surface area contributed by atoms with E-state index in [0.717, 1.165) is 31.4 Å². The van der Waals surface area contributed by atoms with Crippen LogP contribution in [0.5, 0.6) is 0 Å². The summed E-state index contributed by atoms with van der Waals surface area (Å²) in [6.45, 7) is 15.5. The number of nitrogens with one attached hydrogen (secondary N) is 1. The molecule has 8 heteroatoms. The van der Waals surface area contributed by atoms with Gasteiger partial charge < -0.3 is 24.4 Å².